The second kappa shape index (κ2) is 9.95. The lowest BCUT2D eigenvalue weighted by molar-refractivity contribution is 0.102. The van der Waals surface area contributed by atoms with Crippen LogP contribution in [0.25, 0.3) is 0 Å². The Hall–Kier alpha value is -2.88. The fourth-order valence-corrected chi connectivity index (χ4v) is 4.09. The van der Waals surface area contributed by atoms with E-state index in [-0.39, 0.29) is 10.5 Å². The quantitative estimate of drug-likeness (QED) is 0.629. The maximum atomic E-state index is 13.2. The fourth-order valence-electron chi connectivity index (χ4n) is 3.17. The summed E-state index contributed by atoms with van der Waals surface area (Å²) in [6, 6.07) is 11.6. The normalized spacial score (nSPS) is 14.4. The van der Waals surface area contributed by atoms with E-state index in [1.165, 1.54) is 26.2 Å². The lowest BCUT2D eigenvalue weighted by Gasteiger charge is -2.30. The summed E-state index contributed by atoms with van der Waals surface area (Å²) in [5, 5.41) is 2.85. The third-order valence-electron chi connectivity index (χ3n) is 4.80. The van der Waals surface area contributed by atoms with E-state index in [0.717, 1.165) is 4.31 Å². The molecule has 1 saturated heterocycles. The molecule has 1 heterocycles. The summed E-state index contributed by atoms with van der Waals surface area (Å²) in [5.74, 6) is 0.188. The van der Waals surface area contributed by atoms with E-state index in [1.54, 1.807) is 36.4 Å². The van der Waals surface area contributed by atoms with Gasteiger partial charge in [-0.3, -0.25) is 4.79 Å². The molecule has 0 radical (unpaired) electrons. The number of nitrogens with zero attached hydrogens (tertiary/aromatic N) is 2. The van der Waals surface area contributed by atoms with E-state index in [0.29, 0.717) is 50.0 Å². The second-order valence-corrected chi connectivity index (χ2v) is 9.30. The molecule has 1 fully saturated rings. The van der Waals surface area contributed by atoms with Crippen LogP contribution in [0.2, 0.25) is 0 Å². The lowest BCUT2D eigenvalue weighted by atomic mass is 10.1. The number of hydrogen-bond donors (Lipinski definition) is 1. The topological polar surface area (TPSA) is 88.2 Å². The van der Waals surface area contributed by atoms with Crippen LogP contribution in [0.5, 0.6) is 5.75 Å². The van der Waals surface area contributed by atoms with Gasteiger partial charge in [-0.15, -0.1) is 0 Å². The number of nitrogens with one attached hydrogen (secondary N) is 1. The highest BCUT2D eigenvalue weighted by Gasteiger charge is 2.24. The summed E-state index contributed by atoms with van der Waals surface area (Å²) in [7, 11) is -0.773. The van der Waals surface area contributed by atoms with Crippen molar-refractivity contribution in [3.8, 4) is 5.75 Å². The van der Waals surface area contributed by atoms with E-state index in [4.69, 9.17) is 9.47 Å². The Kier molecular flexibility index (Phi) is 7.32. The first kappa shape index (κ1) is 22.8. The first-order valence-corrected chi connectivity index (χ1v) is 11.3. The fraction of sp³-hybridized carbons (Fsp3) is 0.318. The van der Waals surface area contributed by atoms with Crippen LogP contribution in [0.4, 0.5) is 11.4 Å². The Balaban J connectivity index is 1.96. The smallest absolute Gasteiger partial charge is 0.257 e. The number of benzene rings is 2. The predicted octanol–water partition coefficient (Wildman–Crippen LogP) is 2.59. The van der Waals surface area contributed by atoms with Gasteiger partial charge >= 0.3 is 0 Å². The molecule has 9 heteroatoms. The summed E-state index contributed by atoms with van der Waals surface area (Å²) in [5.41, 5.74) is 1.49. The number of anilines is 2. The van der Waals surface area contributed by atoms with Gasteiger partial charge < -0.3 is 19.7 Å². The van der Waals surface area contributed by atoms with Crippen LogP contribution in [0, 0.1) is 0 Å². The van der Waals surface area contributed by atoms with Gasteiger partial charge in [0.2, 0.25) is 10.0 Å². The molecular weight excluding hydrogens is 418 g/mol. The molecule has 1 amide bonds. The zero-order valence-corrected chi connectivity index (χ0v) is 18.5. The highest BCUT2D eigenvalue weighted by Crippen LogP contribution is 2.28. The maximum absolute atomic E-state index is 13.2. The van der Waals surface area contributed by atoms with Gasteiger partial charge in [0.1, 0.15) is 12.4 Å². The largest absolute Gasteiger partial charge is 0.489 e. The Morgan fingerprint density at radius 1 is 1.23 bits per heavy atom. The van der Waals surface area contributed by atoms with Gasteiger partial charge in [-0.05, 0) is 30.3 Å². The summed E-state index contributed by atoms with van der Waals surface area (Å²) < 4.78 is 37.3. The molecule has 2 aromatic rings. The molecule has 1 N–H and O–H groups in total. The lowest BCUT2D eigenvalue weighted by Crippen LogP contribution is -2.37. The Morgan fingerprint density at radius 3 is 2.65 bits per heavy atom. The van der Waals surface area contributed by atoms with Gasteiger partial charge in [0.05, 0.1) is 23.7 Å². The van der Waals surface area contributed by atoms with Crippen LogP contribution in [-0.4, -0.2) is 65.6 Å². The van der Waals surface area contributed by atoms with Crippen LogP contribution >= 0.6 is 0 Å². The molecule has 0 bridgehead atoms. The van der Waals surface area contributed by atoms with E-state index in [2.05, 4.69) is 11.9 Å². The SMILES string of the molecule is C=CCOc1cccc(NC(=O)c2cc(S(=O)(=O)N(C)C)ccc2N2CCOCC2)c1. The zero-order chi connectivity index (χ0) is 22.4. The standard InChI is InChI=1S/C22H27N3O5S/c1-4-12-30-18-7-5-6-17(15-18)23-22(26)20-16-19(31(27,28)24(2)3)8-9-21(20)25-10-13-29-14-11-25/h4-9,15-16H,1,10-14H2,2-3H3,(H,23,26). The van der Waals surface area contributed by atoms with Gasteiger partial charge in [0, 0.05) is 44.6 Å². The van der Waals surface area contributed by atoms with Crippen molar-refractivity contribution in [3.05, 3.63) is 60.7 Å². The number of amides is 1. The third kappa shape index (κ3) is 5.43. The van der Waals surface area contributed by atoms with Gasteiger partial charge in [-0.1, -0.05) is 18.7 Å². The van der Waals surface area contributed by atoms with Crippen LogP contribution in [0.15, 0.2) is 60.0 Å². The summed E-state index contributed by atoms with van der Waals surface area (Å²) >= 11 is 0. The molecule has 0 aromatic heterocycles. The van der Waals surface area contributed by atoms with Crippen molar-refractivity contribution in [1.29, 1.82) is 0 Å². The van der Waals surface area contributed by atoms with Crippen LogP contribution in [0.3, 0.4) is 0 Å². The number of ether oxygens (including phenoxy) is 2. The number of morpholine rings is 1. The average molecular weight is 446 g/mol. The summed E-state index contributed by atoms with van der Waals surface area (Å²) in [6.07, 6.45) is 1.64. The Labute approximate surface area is 183 Å². The average Bonchev–Trinajstić information content (AvgIpc) is 2.78. The summed E-state index contributed by atoms with van der Waals surface area (Å²) in [6.45, 7) is 6.29. The summed E-state index contributed by atoms with van der Waals surface area (Å²) in [4.78, 5) is 15.3. The number of hydrogen-bond acceptors (Lipinski definition) is 6. The third-order valence-corrected chi connectivity index (χ3v) is 6.61. The molecular formula is C22H27N3O5S. The number of sulfonamides is 1. The first-order chi connectivity index (χ1) is 14.8. The molecule has 2 aromatic carbocycles. The van der Waals surface area contributed by atoms with Crippen molar-refractivity contribution >= 4 is 27.3 Å². The van der Waals surface area contributed by atoms with E-state index < -0.39 is 15.9 Å². The Bertz CT molecular complexity index is 1050. The van der Waals surface area contributed by atoms with Crippen LogP contribution in [-0.2, 0) is 14.8 Å². The van der Waals surface area contributed by atoms with Crippen LogP contribution < -0.4 is 15.0 Å². The van der Waals surface area contributed by atoms with E-state index in [1.807, 2.05) is 4.90 Å². The van der Waals surface area contributed by atoms with Gasteiger partial charge in [-0.2, -0.15) is 0 Å². The van der Waals surface area contributed by atoms with Crippen molar-refractivity contribution < 1.29 is 22.7 Å². The van der Waals surface area contributed by atoms with Crippen molar-refractivity contribution in [2.75, 3.05) is 57.2 Å². The second-order valence-electron chi connectivity index (χ2n) is 7.15. The van der Waals surface area contributed by atoms with Crippen molar-refractivity contribution in [3.63, 3.8) is 0 Å². The minimum atomic E-state index is -3.69. The first-order valence-electron chi connectivity index (χ1n) is 9.87. The number of carbonyl (C=O) groups excluding carboxylic acids is 1. The molecule has 31 heavy (non-hydrogen) atoms. The molecule has 0 unspecified atom stereocenters. The predicted molar refractivity (Wildman–Crippen MR) is 120 cm³/mol. The molecule has 1 aliphatic heterocycles. The van der Waals surface area contributed by atoms with Crippen molar-refractivity contribution in [1.82, 2.24) is 4.31 Å². The molecule has 1 aliphatic rings. The minimum Gasteiger partial charge on any atom is -0.489 e. The zero-order valence-electron chi connectivity index (χ0n) is 17.7. The molecule has 0 saturated carbocycles. The minimum absolute atomic E-state index is 0.0581. The highest BCUT2D eigenvalue weighted by molar-refractivity contribution is 7.89. The maximum Gasteiger partial charge on any atom is 0.257 e. The van der Waals surface area contributed by atoms with E-state index >= 15 is 0 Å². The van der Waals surface area contributed by atoms with Crippen molar-refractivity contribution in [2.24, 2.45) is 0 Å². The monoisotopic (exact) mass is 445 g/mol. The molecule has 0 spiro atoms. The molecule has 3 rings (SSSR count). The Morgan fingerprint density at radius 2 is 1.97 bits per heavy atom. The van der Waals surface area contributed by atoms with Crippen molar-refractivity contribution in [2.45, 2.75) is 4.90 Å². The molecule has 0 atom stereocenters. The molecule has 0 aliphatic carbocycles. The molecule has 166 valence electrons. The van der Waals surface area contributed by atoms with E-state index in [9.17, 15) is 13.2 Å². The number of rotatable bonds is 8. The molecule has 8 nitrogen and oxygen atoms in total. The van der Waals surface area contributed by atoms with Crippen LogP contribution in [0.1, 0.15) is 10.4 Å². The van der Waals surface area contributed by atoms with Gasteiger partial charge in [-0.25, -0.2) is 12.7 Å². The van der Waals surface area contributed by atoms with Gasteiger partial charge in [0.25, 0.3) is 5.91 Å². The highest BCUT2D eigenvalue weighted by atomic mass is 32.2. The van der Waals surface area contributed by atoms with Gasteiger partial charge in [0.15, 0.2) is 0 Å². The number of carbonyl (C=O) groups is 1.